The number of nitrogens with one attached hydrogen (secondary N) is 2. The predicted molar refractivity (Wildman–Crippen MR) is 144 cm³/mol. The highest BCUT2D eigenvalue weighted by molar-refractivity contribution is 8.02. The van der Waals surface area contributed by atoms with Crippen LogP contribution >= 0.6 is 34.9 Å². The number of carboxylic acids is 1. The first-order valence-corrected chi connectivity index (χ1v) is 13.9. The number of H-pyrrole nitrogens is 1. The lowest BCUT2D eigenvalue weighted by atomic mass is 10.0. The van der Waals surface area contributed by atoms with Crippen LogP contribution in [0.2, 0.25) is 0 Å². The summed E-state index contributed by atoms with van der Waals surface area (Å²) in [6, 6.07) is -1.34. The number of thiazole rings is 1. The maximum atomic E-state index is 13.0. The molecule has 5 N–H and O–H groups in total. The van der Waals surface area contributed by atoms with E-state index >= 15 is 0 Å². The molecule has 2 unspecified atom stereocenters. The average Bonchev–Trinajstić information content (AvgIpc) is 3.32. The lowest BCUT2D eigenvalue weighted by Crippen LogP contribution is -2.71. The van der Waals surface area contributed by atoms with Crippen molar-refractivity contribution in [3.05, 3.63) is 54.5 Å². The summed E-state index contributed by atoms with van der Waals surface area (Å²) in [7, 11) is 1.25. The third-order valence-corrected chi connectivity index (χ3v) is 8.23. The first-order valence-electron chi connectivity index (χ1n) is 11.1. The van der Waals surface area contributed by atoms with Gasteiger partial charge in [0.05, 0.1) is 0 Å². The molecule has 2 aromatic heterocycles. The van der Waals surface area contributed by atoms with Crippen molar-refractivity contribution in [3.8, 4) is 0 Å². The number of aromatic amines is 1. The van der Waals surface area contributed by atoms with Gasteiger partial charge in [-0.15, -0.1) is 28.2 Å². The number of nitrogens with two attached hydrogens (primary N) is 1. The second-order valence-corrected chi connectivity index (χ2v) is 11.1. The van der Waals surface area contributed by atoms with Crippen molar-refractivity contribution in [2.45, 2.75) is 36.5 Å². The van der Waals surface area contributed by atoms with Gasteiger partial charge in [-0.05, 0) is 30.9 Å². The van der Waals surface area contributed by atoms with Crippen molar-refractivity contribution < 1.29 is 24.3 Å². The van der Waals surface area contributed by atoms with Gasteiger partial charge in [0.1, 0.15) is 29.9 Å². The van der Waals surface area contributed by atoms with Crippen molar-refractivity contribution in [2.24, 2.45) is 5.16 Å². The van der Waals surface area contributed by atoms with E-state index in [1.165, 1.54) is 40.3 Å². The number of oxime groups is 1. The molecule has 2 atom stereocenters. The maximum Gasteiger partial charge on any atom is 0.352 e. The summed E-state index contributed by atoms with van der Waals surface area (Å²) < 4.78 is 1.22. The summed E-state index contributed by atoms with van der Waals surface area (Å²) in [5, 5.41) is 25.0. The number of carbonyl (C=O) groups excluding carboxylic acids is 2. The fourth-order valence-corrected chi connectivity index (χ4v) is 6.51. The molecule has 0 bridgehead atoms. The Balaban J connectivity index is 1.53. The summed E-state index contributed by atoms with van der Waals surface area (Å²) in [5.74, 6) is -2.43. The van der Waals surface area contributed by atoms with Gasteiger partial charge in [-0.25, -0.2) is 14.9 Å². The summed E-state index contributed by atoms with van der Waals surface area (Å²) in [5.41, 5.74) is 4.15. The Kier molecular flexibility index (Phi) is 8.26. The molecule has 2 aliphatic heterocycles. The minimum Gasteiger partial charge on any atom is -0.477 e. The van der Waals surface area contributed by atoms with Gasteiger partial charge < -0.3 is 21.0 Å². The van der Waals surface area contributed by atoms with Gasteiger partial charge in [0, 0.05) is 17.2 Å². The zero-order valence-electron chi connectivity index (χ0n) is 20.6. The number of hydrogen-bond donors (Lipinski definition) is 4. The Bertz CT molecular complexity index is 1540. The van der Waals surface area contributed by atoms with Crippen LogP contribution in [0.3, 0.4) is 0 Å². The van der Waals surface area contributed by atoms with Crippen LogP contribution in [0.1, 0.15) is 25.6 Å². The Morgan fingerprint density at radius 2 is 2.13 bits per heavy atom. The Labute approximate surface area is 232 Å². The number of carbonyl (C=O) groups is 3. The van der Waals surface area contributed by atoms with Gasteiger partial charge in [-0.2, -0.15) is 0 Å². The van der Waals surface area contributed by atoms with Crippen molar-refractivity contribution >= 4 is 63.5 Å². The SMILES string of the molecule is CON=C(C(=O)NC1C(=O)N2C(C(=O)O)=C(C=CSc3n[nH]c(=O)c(=O)n3C(C)C)CSC12)c1csc(N)n1. The number of amides is 2. The molecule has 39 heavy (non-hydrogen) atoms. The molecule has 2 aliphatic rings. The van der Waals surface area contributed by atoms with Crippen LogP contribution in [0.5, 0.6) is 0 Å². The number of hydrogen-bond acceptors (Lipinski definition) is 13. The molecule has 0 spiro atoms. The van der Waals surface area contributed by atoms with E-state index in [-0.39, 0.29) is 39.2 Å². The number of β-lactam (4-membered cyclic amide) rings is 1. The van der Waals surface area contributed by atoms with E-state index in [0.717, 1.165) is 28.0 Å². The summed E-state index contributed by atoms with van der Waals surface area (Å²) in [4.78, 5) is 71.7. The molecule has 1 fully saturated rings. The average molecular weight is 595 g/mol. The van der Waals surface area contributed by atoms with Gasteiger partial charge in [0.15, 0.2) is 16.0 Å². The van der Waals surface area contributed by atoms with Crippen LogP contribution in [0, 0.1) is 0 Å². The molecule has 2 amide bonds. The van der Waals surface area contributed by atoms with E-state index in [0.29, 0.717) is 5.57 Å². The number of thioether (sulfide) groups is 2. The lowest BCUT2D eigenvalue weighted by molar-refractivity contribution is -0.150. The van der Waals surface area contributed by atoms with E-state index in [1.807, 2.05) is 0 Å². The van der Waals surface area contributed by atoms with Crippen LogP contribution in [-0.2, 0) is 19.2 Å². The van der Waals surface area contributed by atoms with Gasteiger partial charge in [0.2, 0.25) is 0 Å². The number of nitrogen functional groups attached to an aromatic ring is 1. The summed E-state index contributed by atoms with van der Waals surface area (Å²) in [6.45, 7) is 3.45. The van der Waals surface area contributed by atoms with Crippen LogP contribution in [0.4, 0.5) is 5.13 Å². The Morgan fingerprint density at radius 3 is 2.74 bits per heavy atom. The molecule has 2 aromatic rings. The molecular formula is C21H22N8O7S3. The molecule has 4 rings (SSSR count). The van der Waals surface area contributed by atoms with Crippen LogP contribution < -0.4 is 22.2 Å². The Hall–Kier alpha value is -3.90. The first kappa shape index (κ1) is 28.1. The molecule has 4 heterocycles. The lowest BCUT2D eigenvalue weighted by Gasteiger charge is -2.49. The largest absolute Gasteiger partial charge is 0.477 e. The van der Waals surface area contributed by atoms with Crippen LogP contribution in [0.15, 0.2) is 48.0 Å². The highest BCUT2D eigenvalue weighted by Crippen LogP contribution is 2.41. The topological polar surface area (TPSA) is 215 Å². The molecular weight excluding hydrogens is 572 g/mol. The molecule has 0 aromatic carbocycles. The van der Waals surface area contributed by atoms with Gasteiger partial charge >= 0.3 is 17.1 Å². The zero-order valence-corrected chi connectivity index (χ0v) is 23.1. The monoisotopic (exact) mass is 594 g/mol. The van der Waals surface area contributed by atoms with Crippen LogP contribution in [-0.4, -0.2) is 77.5 Å². The second-order valence-electron chi connectivity index (χ2n) is 8.26. The molecule has 18 heteroatoms. The maximum absolute atomic E-state index is 13.0. The number of nitrogens with zero attached hydrogens (tertiary/aromatic N) is 5. The minimum absolute atomic E-state index is 0.174. The smallest absolute Gasteiger partial charge is 0.352 e. The number of anilines is 1. The van der Waals surface area contributed by atoms with Crippen molar-refractivity contribution in [2.75, 3.05) is 18.6 Å². The minimum atomic E-state index is -1.32. The quantitative estimate of drug-likeness (QED) is 0.0988. The Morgan fingerprint density at radius 1 is 1.38 bits per heavy atom. The van der Waals surface area contributed by atoms with Crippen molar-refractivity contribution in [1.82, 2.24) is 30.0 Å². The second kappa shape index (κ2) is 11.5. The molecule has 0 radical (unpaired) electrons. The molecule has 1 saturated heterocycles. The molecule has 206 valence electrons. The van der Waals surface area contributed by atoms with Gasteiger partial charge in [0.25, 0.3) is 11.8 Å². The summed E-state index contributed by atoms with van der Waals surface area (Å²) in [6.07, 6.45) is 1.51. The predicted octanol–water partition coefficient (Wildman–Crippen LogP) is -0.0537. The van der Waals surface area contributed by atoms with Gasteiger partial charge in [-0.1, -0.05) is 16.9 Å². The zero-order chi connectivity index (χ0) is 28.4. The third kappa shape index (κ3) is 5.48. The fourth-order valence-electron chi connectivity index (χ4n) is 3.78. The first-order chi connectivity index (χ1) is 18.5. The van der Waals surface area contributed by atoms with E-state index in [1.54, 1.807) is 13.8 Å². The van der Waals surface area contributed by atoms with Crippen molar-refractivity contribution in [1.29, 1.82) is 0 Å². The molecule has 0 aliphatic carbocycles. The highest BCUT2D eigenvalue weighted by atomic mass is 32.2. The summed E-state index contributed by atoms with van der Waals surface area (Å²) >= 11 is 3.37. The van der Waals surface area contributed by atoms with Crippen molar-refractivity contribution in [3.63, 3.8) is 0 Å². The van der Waals surface area contributed by atoms with Crippen LogP contribution in [0.25, 0.3) is 0 Å². The van der Waals surface area contributed by atoms with E-state index < -0.39 is 40.3 Å². The number of allylic oxidation sites excluding steroid dienone is 1. The van der Waals surface area contributed by atoms with Gasteiger partial charge in [-0.3, -0.25) is 28.6 Å². The number of rotatable bonds is 9. The van der Waals surface area contributed by atoms with E-state index in [9.17, 15) is 29.1 Å². The van der Waals surface area contributed by atoms with E-state index in [2.05, 4.69) is 25.7 Å². The number of carboxylic acid groups (broad SMARTS) is 1. The fraction of sp³-hybridized carbons (Fsp3) is 0.333. The third-order valence-electron chi connectivity index (χ3n) is 5.48. The standard InChI is InChI=1S/C21H22N8O7S3/c1-8(2)28-17(33)15(31)25-26-21(28)37-5-4-9-6-38-18-12(16(32)29(18)13(9)19(34)35)24-14(30)11(27-36-3)10-7-39-20(22)23-10/h4-5,7-8,12,18H,6H2,1-3H3,(H2,22,23)(H,24,30)(H,25,31)(H,34,35). The molecule has 15 nitrogen and oxygen atoms in total. The number of fused-ring (bicyclic) bond motifs is 1. The number of aliphatic carboxylic acids is 1. The molecule has 0 saturated carbocycles. The normalized spacial score (nSPS) is 19.3. The van der Waals surface area contributed by atoms with E-state index in [4.69, 9.17) is 10.6 Å². The number of aromatic nitrogens is 4. The highest BCUT2D eigenvalue weighted by Gasteiger charge is 2.54.